The molecule has 3 unspecified atom stereocenters. The van der Waals surface area contributed by atoms with Crippen LogP contribution in [0.2, 0.25) is 5.02 Å². The monoisotopic (exact) mass is 516 g/mol. The molecule has 9 heteroatoms. The molecule has 3 aliphatic rings. The Bertz CT molecular complexity index is 1210. The summed E-state index contributed by atoms with van der Waals surface area (Å²) in [6, 6.07) is 7.96. The number of amides is 2. The highest BCUT2D eigenvalue weighted by Gasteiger charge is 2.56. The quantitative estimate of drug-likeness (QED) is 0.535. The fraction of sp³-hybridized carbons (Fsp3) is 0.444. The van der Waals surface area contributed by atoms with Crippen LogP contribution < -0.4 is 10.2 Å². The lowest BCUT2D eigenvalue weighted by Gasteiger charge is -2.55. The smallest absolute Gasteiger partial charge is 0.303 e. The minimum atomic E-state index is -1.02. The van der Waals surface area contributed by atoms with Crippen molar-refractivity contribution < 1.29 is 28.3 Å². The Labute approximate surface area is 212 Å². The van der Waals surface area contributed by atoms with Gasteiger partial charge in [-0.3, -0.25) is 14.4 Å². The van der Waals surface area contributed by atoms with E-state index in [4.69, 9.17) is 16.7 Å². The van der Waals surface area contributed by atoms with Crippen molar-refractivity contribution in [1.82, 2.24) is 5.32 Å². The minimum absolute atomic E-state index is 0.0288. The molecule has 5 rings (SSSR count). The van der Waals surface area contributed by atoms with Crippen molar-refractivity contribution in [2.75, 3.05) is 4.90 Å². The molecule has 190 valence electrons. The van der Waals surface area contributed by atoms with Crippen molar-refractivity contribution in [3.8, 4) is 0 Å². The zero-order valence-corrected chi connectivity index (χ0v) is 20.4. The molecule has 3 atom stereocenters. The summed E-state index contributed by atoms with van der Waals surface area (Å²) in [5, 5.41) is 12.6. The first-order valence-corrected chi connectivity index (χ1v) is 12.7. The Morgan fingerprint density at radius 2 is 1.75 bits per heavy atom. The maximum Gasteiger partial charge on any atom is 0.303 e. The number of carbonyl (C=O) groups excluding carboxylic acids is 2. The number of rotatable bonds is 6. The van der Waals surface area contributed by atoms with Crippen LogP contribution in [0.4, 0.5) is 14.5 Å². The van der Waals surface area contributed by atoms with Gasteiger partial charge in [-0.2, -0.15) is 0 Å². The van der Waals surface area contributed by atoms with Gasteiger partial charge < -0.3 is 15.3 Å². The predicted octanol–water partition coefficient (Wildman–Crippen LogP) is 5.43. The van der Waals surface area contributed by atoms with Gasteiger partial charge in [-0.25, -0.2) is 8.78 Å². The number of nitrogens with one attached hydrogen (secondary N) is 1. The second kappa shape index (κ2) is 9.47. The minimum Gasteiger partial charge on any atom is -0.481 e. The van der Waals surface area contributed by atoms with Gasteiger partial charge in [0.05, 0.1) is 6.42 Å². The number of fused-ring (bicyclic) bond motifs is 2. The van der Waals surface area contributed by atoms with E-state index in [-0.39, 0.29) is 42.2 Å². The number of nitrogens with zero attached hydrogens (tertiary/aromatic N) is 1. The third-order valence-corrected chi connectivity index (χ3v) is 8.24. The summed E-state index contributed by atoms with van der Waals surface area (Å²) < 4.78 is 28.0. The van der Waals surface area contributed by atoms with Crippen LogP contribution in [0.25, 0.3) is 0 Å². The first-order chi connectivity index (χ1) is 17.2. The Hall–Kier alpha value is -3.00. The molecule has 2 amide bonds. The summed E-state index contributed by atoms with van der Waals surface area (Å²) in [4.78, 5) is 39.1. The number of hydrogen-bond acceptors (Lipinski definition) is 3. The highest BCUT2D eigenvalue weighted by molar-refractivity contribution is 6.31. The molecule has 2 N–H and O–H groups in total. The van der Waals surface area contributed by atoms with Crippen LogP contribution in [0.15, 0.2) is 36.4 Å². The predicted molar refractivity (Wildman–Crippen MR) is 130 cm³/mol. The van der Waals surface area contributed by atoms with Crippen LogP contribution in [-0.2, 0) is 9.59 Å². The number of carboxylic acid groups (broad SMARTS) is 1. The standard InChI is InChI=1S/C27H27ClF2N2O4/c28-16-5-6-20-22(13-16)32(26(36)15-11-17(29)14-18(30)12-15)21-4-1-3-19(21)25(20)27(9-2-10-27)31-23(33)7-8-24(34)35/h5-6,11-14,19,21,25H,1-4,7-10H2,(H,31,33)(H,34,35). The molecule has 2 aromatic rings. The molecule has 0 aromatic heterocycles. The van der Waals surface area contributed by atoms with Crippen molar-refractivity contribution in [2.45, 2.75) is 68.9 Å². The number of carboxylic acids is 1. The highest BCUT2D eigenvalue weighted by atomic mass is 35.5. The number of anilines is 1. The molecule has 36 heavy (non-hydrogen) atoms. The number of hydrogen-bond donors (Lipinski definition) is 2. The van der Waals surface area contributed by atoms with Crippen molar-refractivity contribution in [3.63, 3.8) is 0 Å². The van der Waals surface area contributed by atoms with Crippen LogP contribution in [0, 0.1) is 17.6 Å². The lowest BCUT2D eigenvalue weighted by Crippen LogP contribution is -2.62. The topological polar surface area (TPSA) is 86.7 Å². The van der Waals surface area contributed by atoms with Crippen molar-refractivity contribution in [1.29, 1.82) is 0 Å². The average molecular weight is 517 g/mol. The van der Waals surface area contributed by atoms with Gasteiger partial charge in [-0.15, -0.1) is 0 Å². The zero-order chi connectivity index (χ0) is 25.6. The molecule has 2 aliphatic carbocycles. The van der Waals surface area contributed by atoms with E-state index in [1.165, 1.54) is 0 Å². The SMILES string of the molecule is O=C(O)CCC(=O)NC1(C2c3ccc(Cl)cc3N(C(=O)c3cc(F)cc(F)c3)C3CCCC32)CCC1. The van der Waals surface area contributed by atoms with Crippen molar-refractivity contribution in [2.24, 2.45) is 5.92 Å². The van der Waals surface area contributed by atoms with Gasteiger partial charge in [0.25, 0.3) is 5.91 Å². The molecule has 0 spiro atoms. The molecular weight excluding hydrogens is 490 g/mol. The highest BCUT2D eigenvalue weighted by Crippen LogP contribution is 2.58. The molecular formula is C27H27ClF2N2O4. The van der Waals surface area contributed by atoms with E-state index in [2.05, 4.69) is 5.32 Å². The molecule has 0 saturated heterocycles. The third-order valence-electron chi connectivity index (χ3n) is 8.00. The third kappa shape index (κ3) is 4.36. The van der Waals surface area contributed by atoms with Gasteiger partial charge in [-0.05, 0) is 67.9 Å². The average Bonchev–Trinajstić information content (AvgIpc) is 3.26. The van der Waals surface area contributed by atoms with Crippen molar-refractivity contribution >= 4 is 35.1 Å². The van der Waals surface area contributed by atoms with Gasteiger partial charge >= 0.3 is 5.97 Å². The van der Waals surface area contributed by atoms with E-state index in [0.29, 0.717) is 10.7 Å². The Balaban J connectivity index is 1.57. The first kappa shape index (κ1) is 24.7. The number of carbonyl (C=O) groups is 3. The first-order valence-electron chi connectivity index (χ1n) is 12.3. The second-order valence-electron chi connectivity index (χ2n) is 10.1. The van der Waals surface area contributed by atoms with Gasteiger partial charge in [0.15, 0.2) is 0 Å². The number of aliphatic carboxylic acids is 1. The molecule has 2 aromatic carbocycles. The van der Waals surface area contributed by atoms with Gasteiger partial charge in [0.1, 0.15) is 11.6 Å². The summed E-state index contributed by atoms with van der Waals surface area (Å²) in [7, 11) is 0. The summed E-state index contributed by atoms with van der Waals surface area (Å²) in [5.74, 6) is -3.50. The fourth-order valence-electron chi connectivity index (χ4n) is 6.49. The largest absolute Gasteiger partial charge is 0.481 e. The maximum atomic E-state index is 14.0. The van der Waals surface area contributed by atoms with E-state index in [9.17, 15) is 23.2 Å². The Kier molecular flexibility index (Phi) is 6.49. The van der Waals surface area contributed by atoms with Gasteiger partial charge in [0.2, 0.25) is 5.91 Å². The normalized spacial score (nSPS) is 23.9. The molecule has 0 bridgehead atoms. The van der Waals surface area contributed by atoms with Crippen LogP contribution >= 0.6 is 11.6 Å². The summed E-state index contributed by atoms with van der Waals surface area (Å²) >= 11 is 6.37. The molecule has 0 radical (unpaired) electrons. The molecule has 1 aliphatic heterocycles. The number of benzene rings is 2. The molecule has 2 fully saturated rings. The molecule has 1 heterocycles. The summed E-state index contributed by atoms with van der Waals surface area (Å²) in [6.07, 6.45) is 4.54. The van der Waals surface area contributed by atoms with E-state index in [1.807, 2.05) is 6.07 Å². The van der Waals surface area contributed by atoms with Crippen LogP contribution in [0.3, 0.4) is 0 Å². The van der Waals surface area contributed by atoms with Crippen molar-refractivity contribution in [3.05, 3.63) is 64.2 Å². The Morgan fingerprint density at radius 1 is 1.03 bits per heavy atom. The summed E-state index contributed by atoms with van der Waals surface area (Å²) in [5.41, 5.74) is 0.858. The zero-order valence-electron chi connectivity index (χ0n) is 19.6. The maximum absolute atomic E-state index is 14.0. The number of halogens is 3. The molecule has 2 saturated carbocycles. The Morgan fingerprint density at radius 3 is 2.39 bits per heavy atom. The van der Waals surface area contributed by atoms with E-state index < -0.39 is 29.0 Å². The summed E-state index contributed by atoms with van der Waals surface area (Å²) in [6.45, 7) is 0. The van der Waals surface area contributed by atoms with Gasteiger partial charge in [-0.1, -0.05) is 24.1 Å². The fourth-order valence-corrected chi connectivity index (χ4v) is 6.66. The van der Waals surface area contributed by atoms with Crippen LogP contribution in [-0.4, -0.2) is 34.5 Å². The lowest BCUT2D eigenvalue weighted by molar-refractivity contribution is -0.139. The van der Waals surface area contributed by atoms with E-state index in [1.54, 1.807) is 17.0 Å². The van der Waals surface area contributed by atoms with Crippen LogP contribution in [0.5, 0.6) is 0 Å². The molecule has 6 nitrogen and oxygen atoms in total. The second-order valence-corrected chi connectivity index (χ2v) is 10.6. The van der Waals surface area contributed by atoms with Crippen LogP contribution in [0.1, 0.15) is 73.2 Å². The lowest BCUT2D eigenvalue weighted by atomic mass is 9.59. The van der Waals surface area contributed by atoms with E-state index >= 15 is 0 Å². The van der Waals surface area contributed by atoms with E-state index in [0.717, 1.165) is 62.3 Å². The van der Waals surface area contributed by atoms with Gasteiger partial charge in [0, 0.05) is 46.3 Å².